The van der Waals surface area contributed by atoms with Crippen LogP contribution in [0.1, 0.15) is 19.4 Å². The van der Waals surface area contributed by atoms with E-state index >= 15 is 0 Å². The van der Waals surface area contributed by atoms with Gasteiger partial charge in [0.2, 0.25) is 0 Å². The summed E-state index contributed by atoms with van der Waals surface area (Å²) >= 11 is 0. The van der Waals surface area contributed by atoms with Gasteiger partial charge in [-0.25, -0.2) is 4.39 Å². The summed E-state index contributed by atoms with van der Waals surface area (Å²) in [5.41, 5.74) is 0.423. The second-order valence-electron chi connectivity index (χ2n) is 5.69. The summed E-state index contributed by atoms with van der Waals surface area (Å²) in [5.74, 6) is -1.37. The van der Waals surface area contributed by atoms with E-state index in [1.54, 1.807) is 33.0 Å². The Kier molecular flexibility index (Phi) is 7.26. The number of ether oxygens (including phenoxy) is 1. The van der Waals surface area contributed by atoms with Gasteiger partial charge in [0.05, 0.1) is 12.0 Å². The molecule has 0 bridgehead atoms. The normalized spacial score (nSPS) is 12.4. The van der Waals surface area contributed by atoms with Crippen LogP contribution in [0.15, 0.2) is 34.4 Å². The van der Waals surface area contributed by atoms with Gasteiger partial charge in [0.15, 0.2) is 0 Å². The predicted octanol–water partition coefficient (Wildman–Crippen LogP) is 3.06. The van der Waals surface area contributed by atoms with Crippen LogP contribution in [0.4, 0.5) is 10.1 Å². The number of allylic oxidation sites excluding steroid dienone is 1. The molecule has 2 N–H and O–H groups in total. The van der Waals surface area contributed by atoms with Crippen molar-refractivity contribution in [2.75, 3.05) is 25.7 Å². The summed E-state index contributed by atoms with van der Waals surface area (Å²) < 4.78 is 19.4. The molecule has 0 aliphatic heterocycles. The number of halogens is 1. The number of anilines is 1. The molecule has 7 heteroatoms. The molecule has 130 valence electrons. The van der Waals surface area contributed by atoms with Crippen LogP contribution in [0, 0.1) is 11.2 Å². The lowest BCUT2D eigenvalue weighted by molar-refractivity contribution is -0.150. The van der Waals surface area contributed by atoms with Crippen molar-refractivity contribution in [2.24, 2.45) is 15.4 Å². The van der Waals surface area contributed by atoms with Gasteiger partial charge in [-0.3, -0.25) is 14.8 Å². The maximum Gasteiger partial charge on any atom is 0.311 e. The van der Waals surface area contributed by atoms with Crippen molar-refractivity contribution < 1.29 is 19.0 Å². The Labute approximate surface area is 140 Å². The number of carboxylic acid groups (broad SMARTS) is 1. The molecular weight excluding hydrogens is 313 g/mol. The Balaban J connectivity index is 2.76. The third kappa shape index (κ3) is 5.58. The van der Waals surface area contributed by atoms with Crippen LogP contribution in [-0.2, 0) is 9.53 Å². The molecule has 0 aliphatic carbocycles. The van der Waals surface area contributed by atoms with Gasteiger partial charge in [-0.15, -0.1) is 0 Å². The summed E-state index contributed by atoms with van der Waals surface area (Å²) in [5, 5.41) is 11.8. The van der Waals surface area contributed by atoms with E-state index in [1.165, 1.54) is 18.5 Å². The van der Waals surface area contributed by atoms with Crippen LogP contribution in [0.25, 0.3) is 5.57 Å². The van der Waals surface area contributed by atoms with E-state index in [-0.39, 0.29) is 13.3 Å². The molecule has 0 atom stereocenters. The first kappa shape index (κ1) is 19.5. The summed E-state index contributed by atoms with van der Waals surface area (Å²) in [6.45, 7) is 6.46. The number of hydrogen-bond acceptors (Lipinski definition) is 5. The van der Waals surface area contributed by atoms with Gasteiger partial charge in [-0.05, 0) is 38.8 Å². The maximum atomic E-state index is 14.1. The van der Waals surface area contributed by atoms with E-state index in [0.29, 0.717) is 16.8 Å². The van der Waals surface area contributed by atoms with Crippen LogP contribution < -0.4 is 5.32 Å². The van der Waals surface area contributed by atoms with Crippen molar-refractivity contribution in [2.45, 2.75) is 13.8 Å². The fraction of sp³-hybridized carbons (Fsp3) is 0.353. The number of aliphatic imine (C=N–C) groups is 2. The topological polar surface area (TPSA) is 83.3 Å². The standard InChI is InChI=1S/C17H22FN3O3/c1-17(2,16(22)23)10-24-11-21-9-12(8-19-3)14-6-5-13(20-4)7-15(14)18/h5-9,20H,3,10-11H2,1-2,4H3,(H,22,23)/b12-8+,21-9-. The second-order valence-corrected chi connectivity index (χ2v) is 5.69. The van der Waals surface area contributed by atoms with Crippen molar-refractivity contribution in [1.29, 1.82) is 0 Å². The molecule has 0 radical (unpaired) electrons. The Morgan fingerprint density at radius 3 is 2.75 bits per heavy atom. The van der Waals surface area contributed by atoms with E-state index in [9.17, 15) is 9.18 Å². The zero-order valence-corrected chi connectivity index (χ0v) is 14.0. The molecular formula is C17H22FN3O3. The van der Waals surface area contributed by atoms with E-state index in [1.807, 2.05) is 0 Å². The van der Waals surface area contributed by atoms with Gasteiger partial charge >= 0.3 is 5.97 Å². The summed E-state index contributed by atoms with van der Waals surface area (Å²) in [6.07, 6.45) is 2.81. The molecule has 0 saturated carbocycles. The van der Waals surface area contributed by atoms with E-state index in [0.717, 1.165) is 0 Å². The maximum absolute atomic E-state index is 14.1. The molecule has 1 aromatic carbocycles. The lowest BCUT2D eigenvalue weighted by Gasteiger charge is -2.17. The fourth-order valence-electron chi connectivity index (χ4n) is 1.73. The monoisotopic (exact) mass is 335 g/mol. The van der Waals surface area contributed by atoms with Gasteiger partial charge in [0.1, 0.15) is 12.5 Å². The molecule has 0 heterocycles. The minimum atomic E-state index is -0.994. The Bertz CT molecular complexity index is 654. The Morgan fingerprint density at radius 2 is 2.21 bits per heavy atom. The number of carbonyl (C=O) groups is 1. The highest BCUT2D eigenvalue weighted by molar-refractivity contribution is 6.10. The highest BCUT2D eigenvalue weighted by Gasteiger charge is 2.27. The summed E-state index contributed by atoms with van der Waals surface area (Å²) in [6, 6.07) is 4.71. The molecule has 0 unspecified atom stereocenters. The first-order chi connectivity index (χ1) is 11.3. The predicted molar refractivity (Wildman–Crippen MR) is 94.2 cm³/mol. The molecule has 0 saturated heterocycles. The van der Waals surface area contributed by atoms with Crippen LogP contribution in [0.3, 0.4) is 0 Å². The second kappa shape index (κ2) is 8.93. The highest BCUT2D eigenvalue weighted by Crippen LogP contribution is 2.21. The van der Waals surface area contributed by atoms with E-state index < -0.39 is 17.2 Å². The quantitative estimate of drug-likeness (QED) is 0.537. The largest absolute Gasteiger partial charge is 0.481 e. The Morgan fingerprint density at radius 1 is 1.50 bits per heavy atom. The smallest absolute Gasteiger partial charge is 0.311 e. The van der Waals surface area contributed by atoms with Gasteiger partial charge < -0.3 is 15.2 Å². The van der Waals surface area contributed by atoms with Gasteiger partial charge in [-0.1, -0.05) is 0 Å². The molecule has 0 aromatic heterocycles. The molecule has 6 nitrogen and oxygen atoms in total. The SMILES string of the molecule is C=N/C=C(\C=N/COCC(C)(C)C(=O)O)c1ccc(NC)cc1F. The summed E-state index contributed by atoms with van der Waals surface area (Å²) in [7, 11) is 1.70. The third-order valence-electron chi connectivity index (χ3n) is 3.24. The highest BCUT2D eigenvalue weighted by atomic mass is 19.1. The zero-order chi connectivity index (χ0) is 18.2. The number of aliphatic carboxylic acids is 1. The van der Waals surface area contributed by atoms with Gasteiger partial charge in [0, 0.05) is 36.3 Å². The first-order valence-electron chi connectivity index (χ1n) is 7.26. The first-order valence-corrected chi connectivity index (χ1v) is 7.26. The fourth-order valence-corrected chi connectivity index (χ4v) is 1.73. The zero-order valence-electron chi connectivity index (χ0n) is 14.0. The molecule has 0 aliphatic rings. The minimum absolute atomic E-state index is 0.0175. The van der Waals surface area contributed by atoms with E-state index in [4.69, 9.17) is 9.84 Å². The van der Waals surface area contributed by atoms with Gasteiger partial charge in [-0.2, -0.15) is 0 Å². The molecule has 0 amide bonds. The van der Waals surface area contributed by atoms with Crippen LogP contribution in [-0.4, -0.2) is 44.4 Å². The number of carboxylic acids is 1. The molecule has 1 aromatic rings. The van der Waals surface area contributed by atoms with Crippen molar-refractivity contribution in [3.8, 4) is 0 Å². The van der Waals surface area contributed by atoms with Crippen LogP contribution in [0.2, 0.25) is 0 Å². The third-order valence-corrected chi connectivity index (χ3v) is 3.24. The van der Waals surface area contributed by atoms with Crippen molar-refractivity contribution >= 4 is 30.2 Å². The molecule has 0 spiro atoms. The number of nitrogens with zero attached hydrogens (tertiary/aromatic N) is 2. The molecule has 1 rings (SSSR count). The van der Waals surface area contributed by atoms with Gasteiger partial charge in [0.25, 0.3) is 0 Å². The van der Waals surface area contributed by atoms with Crippen LogP contribution in [0.5, 0.6) is 0 Å². The van der Waals surface area contributed by atoms with E-state index in [2.05, 4.69) is 22.0 Å². The number of benzene rings is 1. The average molecular weight is 335 g/mol. The minimum Gasteiger partial charge on any atom is -0.481 e. The Hall–Kier alpha value is -2.54. The van der Waals surface area contributed by atoms with Crippen molar-refractivity contribution in [1.82, 2.24) is 0 Å². The molecule has 24 heavy (non-hydrogen) atoms. The molecule has 0 fully saturated rings. The van der Waals surface area contributed by atoms with Crippen molar-refractivity contribution in [3.63, 3.8) is 0 Å². The lowest BCUT2D eigenvalue weighted by atomic mass is 9.95. The van der Waals surface area contributed by atoms with Crippen LogP contribution >= 0.6 is 0 Å². The van der Waals surface area contributed by atoms with Crippen molar-refractivity contribution in [3.05, 3.63) is 35.8 Å². The number of nitrogens with one attached hydrogen (secondary N) is 1. The summed E-state index contributed by atoms with van der Waals surface area (Å²) in [4.78, 5) is 18.6. The average Bonchev–Trinajstić information content (AvgIpc) is 2.53. The lowest BCUT2D eigenvalue weighted by Crippen LogP contribution is -2.29. The number of hydrogen-bond donors (Lipinski definition) is 2. The number of rotatable bonds is 9.